The molecule has 0 aliphatic carbocycles. The molecule has 0 aliphatic rings. The third kappa shape index (κ3) is 1.58. The predicted octanol–water partition coefficient (Wildman–Crippen LogP) is 2.72. The van der Waals surface area contributed by atoms with Crippen molar-refractivity contribution in [3.05, 3.63) is 23.5 Å². The van der Waals surface area contributed by atoms with E-state index in [1.807, 2.05) is 10.9 Å². The normalized spacial score (nSPS) is 10.0. The van der Waals surface area contributed by atoms with Crippen molar-refractivity contribution in [3.8, 4) is 0 Å². The molecular formula is C10H16N2. The summed E-state index contributed by atoms with van der Waals surface area (Å²) in [4.78, 5) is 0. The fraction of sp³-hybridized carbons (Fsp3) is 0.500. The fourth-order valence-electron chi connectivity index (χ4n) is 1.16. The van der Waals surface area contributed by atoms with Crippen LogP contribution in [0, 0.1) is 0 Å². The van der Waals surface area contributed by atoms with Crippen molar-refractivity contribution in [2.24, 2.45) is 0 Å². The molecule has 2 heteroatoms. The first kappa shape index (κ1) is 9.04. The number of aromatic nitrogens is 2. The molecule has 1 aromatic heterocycles. The second-order valence-corrected chi connectivity index (χ2v) is 3.16. The van der Waals surface area contributed by atoms with Crippen LogP contribution < -0.4 is 0 Å². The molecule has 0 radical (unpaired) electrons. The molecule has 0 saturated heterocycles. The molecule has 0 aliphatic heterocycles. The minimum absolute atomic E-state index is 0.937. The molecular weight excluding hydrogens is 148 g/mol. The number of hydrogen-bond donors (Lipinski definition) is 0. The zero-order chi connectivity index (χ0) is 9.14. The molecule has 1 rings (SSSR count). The van der Waals surface area contributed by atoms with Crippen molar-refractivity contribution >= 4 is 5.57 Å². The standard InChI is InChI=1S/C10H16N2/c1-5-12-10(6-7-11-12)9(4)8(2)3/h6-7H,5H2,1-4H3. The Balaban J connectivity index is 3.10. The van der Waals surface area contributed by atoms with Crippen molar-refractivity contribution in [1.29, 1.82) is 0 Å². The first-order valence-corrected chi connectivity index (χ1v) is 4.33. The molecule has 0 saturated carbocycles. The van der Waals surface area contributed by atoms with Crippen LogP contribution in [0.2, 0.25) is 0 Å². The molecule has 1 aromatic rings. The Morgan fingerprint density at radius 2 is 2.08 bits per heavy atom. The second kappa shape index (κ2) is 3.57. The van der Waals surface area contributed by atoms with Crippen LogP contribution >= 0.6 is 0 Å². The van der Waals surface area contributed by atoms with Gasteiger partial charge in [0.25, 0.3) is 0 Å². The van der Waals surface area contributed by atoms with Gasteiger partial charge in [-0.3, -0.25) is 4.68 Å². The summed E-state index contributed by atoms with van der Waals surface area (Å²) in [6.45, 7) is 9.44. The lowest BCUT2D eigenvalue weighted by Crippen LogP contribution is -2.01. The van der Waals surface area contributed by atoms with Crippen LogP contribution in [0.1, 0.15) is 33.4 Å². The molecule has 0 amide bonds. The van der Waals surface area contributed by atoms with Crippen molar-refractivity contribution < 1.29 is 0 Å². The van der Waals surface area contributed by atoms with Crippen LogP contribution in [0.25, 0.3) is 5.57 Å². The van der Waals surface area contributed by atoms with E-state index in [1.54, 1.807) is 0 Å². The zero-order valence-corrected chi connectivity index (χ0v) is 8.26. The minimum atomic E-state index is 0.937. The average molecular weight is 164 g/mol. The summed E-state index contributed by atoms with van der Waals surface area (Å²) < 4.78 is 2.02. The Kier molecular flexibility index (Phi) is 2.69. The van der Waals surface area contributed by atoms with E-state index in [0.29, 0.717) is 0 Å². The summed E-state index contributed by atoms with van der Waals surface area (Å²) in [5.41, 5.74) is 3.91. The van der Waals surface area contributed by atoms with Gasteiger partial charge in [0, 0.05) is 12.7 Å². The maximum atomic E-state index is 4.22. The van der Waals surface area contributed by atoms with Crippen molar-refractivity contribution in [2.75, 3.05) is 0 Å². The largest absolute Gasteiger partial charge is 0.266 e. The molecule has 0 unspecified atom stereocenters. The quantitative estimate of drug-likeness (QED) is 0.657. The molecule has 66 valence electrons. The number of aryl methyl sites for hydroxylation is 1. The fourth-order valence-corrected chi connectivity index (χ4v) is 1.16. The summed E-state index contributed by atoms with van der Waals surface area (Å²) in [7, 11) is 0. The summed E-state index contributed by atoms with van der Waals surface area (Å²) in [5.74, 6) is 0. The van der Waals surface area contributed by atoms with E-state index in [9.17, 15) is 0 Å². The molecule has 2 nitrogen and oxygen atoms in total. The SMILES string of the molecule is CCn1nccc1C(C)=C(C)C. The van der Waals surface area contributed by atoms with Crippen LogP contribution in [0.5, 0.6) is 0 Å². The number of nitrogens with zero attached hydrogens (tertiary/aromatic N) is 2. The topological polar surface area (TPSA) is 17.8 Å². The van der Waals surface area contributed by atoms with Gasteiger partial charge in [-0.25, -0.2) is 0 Å². The molecule has 0 fully saturated rings. The van der Waals surface area contributed by atoms with Gasteiger partial charge in [0.05, 0.1) is 5.69 Å². The van der Waals surface area contributed by atoms with Crippen LogP contribution in [-0.2, 0) is 6.54 Å². The first-order chi connectivity index (χ1) is 5.66. The molecule has 12 heavy (non-hydrogen) atoms. The van der Waals surface area contributed by atoms with Crippen LogP contribution in [0.3, 0.4) is 0 Å². The number of hydrogen-bond acceptors (Lipinski definition) is 1. The molecule has 0 aromatic carbocycles. The van der Waals surface area contributed by atoms with E-state index in [0.717, 1.165) is 6.54 Å². The maximum absolute atomic E-state index is 4.22. The Hall–Kier alpha value is -1.05. The zero-order valence-electron chi connectivity index (χ0n) is 8.26. The van der Waals surface area contributed by atoms with Gasteiger partial charge in [0.2, 0.25) is 0 Å². The highest BCUT2D eigenvalue weighted by molar-refractivity contribution is 5.63. The molecule has 0 spiro atoms. The van der Waals surface area contributed by atoms with E-state index >= 15 is 0 Å². The summed E-state index contributed by atoms with van der Waals surface area (Å²) >= 11 is 0. The lowest BCUT2D eigenvalue weighted by atomic mass is 10.1. The third-order valence-electron chi connectivity index (χ3n) is 2.15. The van der Waals surface area contributed by atoms with Gasteiger partial charge < -0.3 is 0 Å². The number of rotatable bonds is 2. The van der Waals surface area contributed by atoms with Crippen LogP contribution in [-0.4, -0.2) is 9.78 Å². The van der Waals surface area contributed by atoms with Gasteiger partial charge in [-0.05, 0) is 39.3 Å². The van der Waals surface area contributed by atoms with E-state index in [1.165, 1.54) is 16.8 Å². The van der Waals surface area contributed by atoms with Gasteiger partial charge in [-0.1, -0.05) is 5.57 Å². The van der Waals surface area contributed by atoms with Gasteiger partial charge in [-0.2, -0.15) is 5.10 Å². The van der Waals surface area contributed by atoms with Crippen LogP contribution in [0.15, 0.2) is 17.8 Å². The smallest absolute Gasteiger partial charge is 0.0638 e. The Morgan fingerprint density at radius 1 is 1.42 bits per heavy atom. The van der Waals surface area contributed by atoms with Gasteiger partial charge in [-0.15, -0.1) is 0 Å². The first-order valence-electron chi connectivity index (χ1n) is 4.33. The van der Waals surface area contributed by atoms with Crippen molar-refractivity contribution in [3.63, 3.8) is 0 Å². The van der Waals surface area contributed by atoms with Gasteiger partial charge in [0.1, 0.15) is 0 Å². The van der Waals surface area contributed by atoms with Crippen molar-refractivity contribution in [1.82, 2.24) is 9.78 Å². The Morgan fingerprint density at radius 3 is 2.58 bits per heavy atom. The van der Waals surface area contributed by atoms with Gasteiger partial charge in [0.15, 0.2) is 0 Å². The predicted molar refractivity (Wildman–Crippen MR) is 51.8 cm³/mol. The lowest BCUT2D eigenvalue weighted by Gasteiger charge is -2.06. The van der Waals surface area contributed by atoms with Gasteiger partial charge >= 0.3 is 0 Å². The highest BCUT2D eigenvalue weighted by Crippen LogP contribution is 2.16. The maximum Gasteiger partial charge on any atom is 0.0638 e. The molecule has 0 atom stereocenters. The molecule has 0 N–H and O–H groups in total. The average Bonchev–Trinajstić information content (AvgIpc) is 2.49. The summed E-state index contributed by atoms with van der Waals surface area (Å²) in [5, 5.41) is 4.22. The van der Waals surface area contributed by atoms with E-state index in [2.05, 4.69) is 38.9 Å². The van der Waals surface area contributed by atoms with Crippen LogP contribution in [0.4, 0.5) is 0 Å². The number of allylic oxidation sites excluding steroid dienone is 2. The minimum Gasteiger partial charge on any atom is -0.266 e. The Bertz CT molecular complexity index is 291. The highest BCUT2D eigenvalue weighted by atomic mass is 15.3. The lowest BCUT2D eigenvalue weighted by molar-refractivity contribution is 0.651. The second-order valence-electron chi connectivity index (χ2n) is 3.16. The third-order valence-corrected chi connectivity index (χ3v) is 2.15. The van der Waals surface area contributed by atoms with E-state index < -0.39 is 0 Å². The highest BCUT2D eigenvalue weighted by Gasteiger charge is 2.02. The molecule has 0 bridgehead atoms. The van der Waals surface area contributed by atoms with E-state index in [4.69, 9.17) is 0 Å². The summed E-state index contributed by atoms with van der Waals surface area (Å²) in [6.07, 6.45) is 1.85. The summed E-state index contributed by atoms with van der Waals surface area (Å²) in [6, 6.07) is 2.06. The monoisotopic (exact) mass is 164 g/mol. The Labute approximate surface area is 73.9 Å². The van der Waals surface area contributed by atoms with E-state index in [-0.39, 0.29) is 0 Å². The van der Waals surface area contributed by atoms with Crippen molar-refractivity contribution in [2.45, 2.75) is 34.2 Å². The molecule has 1 heterocycles.